The SMILES string of the molecule is Cc1ccc(CSc2nc(N)cc(N3CCCC(N)CC3)n2)cc1. The van der Waals surface area contributed by atoms with Gasteiger partial charge in [-0.05, 0) is 31.7 Å². The second kappa shape index (κ2) is 7.85. The van der Waals surface area contributed by atoms with E-state index in [4.69, 9.17) is 16.5 Å². The van der Waals surface area contributed by atoms with Crippen LogP contribution in [-0.2, 0) is 5.75 Å². The number of aryl methyl sites for hydroxylation is 1. The highest BCUT2D eigenvalue weighted by molar-refractivity contribution is 7.98. The Balaban J connectivity index is 1.70. The largest absolute Gasteiger partial charge is 0.383 e. The summed E-state index contributed by atoms with van der Waals surface area (Å²) in [5.74, 6) is 2.29. The second-order valence-electron chi connectivity index (χ2n) is 6.39. The number of nitrogens with two attached hydrogens (primary N) is 2. The zero-order valence-corrected chi connectivity index (χ0v) is 14.9. The highest BCUT2D eigenvalue weighted by Crippen LogP contribution is 2.25. The van der Waals surface area contributed by atoms with E-state index in [1.54, 1.807) is 11.8 Å². The lowest BCUT2D eigenvalue weighted by atomic mass is 10.1. The molecule has 6 heteroatoms. The molecule has 0 amide bonds. The zero-order chi connectivity index (χ0) is 16.9. The van der Waals surface area contributed by atoms with Gasteiger partial charge in [0.15, 0.2) is 5.16 Å². The molecule has 2 aromatic rings. The van der Waals surface area contributed by atoms with Crippen molar-refractivity contribution in [3.05, 3.63) is 41.5 Å². The number of hydrogen-bond donors (Lipinski definition) is 2. The molecular formula is C18H25N5S. The Morgan fingerprint density at radius 2 is 1.96 bits per heavy atom. The van der Waals surface area contributed by atoms with Crippen LogP contribution in [0.4, 0.5) is 11.6 Å². The lowest BCUT2D eigenvalue weighted by Gasteiger charge is -2.22. The van der Waals surface area contributed by atoms with Gasteiger partial charge < -0.3 is 16.4 Å². The number of nitrogen functional groups attached to an aromatic ring is 1. The van der Waals surface area contributed by atoms with E-state index in [0.29, 0.717) is 11.9 Å². The third kappa shape index (κ3) is 4.61. The van der Waals surface area contributed by atoms with Crippen LogP contribution in [0.25, 0.3) is 0 Å². The summed E-state index contributed by atoms with van der Waals surface area (Å²) in [7, 11) is 0. The van der Waals surface area contributed by atoms with E-state index >= 15 is 0 Å². The molecule has 24 heavy (non-hydrogen) atoms. The number of hydrogen-bond acceptors (Lipinski definition) is 6. The molecule has 4 N–H and O–H groups in total. The lowest BCUT2D eigenvalue weighted by molar-refractivity contribution is 0.601. The van der Waals surface area contributed by atoms with Gasteiger partial charge in [-0.3, -0.25) is 0 Å². The van der Waals surface area contributed by atoms with Crippen molar-refractivity contribution in [2.45, 2.75) is 43.1 Å². The quantitative estimate of drug-likeness (QED) is 0.656. The molecule has 1 saturated heterocycles. The number of benzene rings is 1. The van der Waals surface area contributed by atoms with Gasteiger partial charge in [0.2, 0.25) is 0 Å². The third-order valence-electron chi connectivity index (χ3n) is 4.30. The van der Waals surface area contributed by atoms with E-state index < -0.39 is 0 Å². The van der Waals surface area contributed by atoms with Crippen molar-refractivity contribution in [1.82, 2.24) is 9.97 Å². The molecule has 0 bridgehead atoms. The van der Waals surface area contributed by atoms with Crippen LogP contribution in [0.3, 0.4) is 0 Å². The van der Waals surface area contributed by atoms with Crippen molar-refractivity contribution in [3.63, 3.8) is 0 Å². The fraction of sp³-hybridized carbons (Fsp3) is 0.444. The van der Waals surface area contributed by atoms with E-state index in [9.17, 15) is 0 Å². The van der Waals surface area contributed by atoms with Crippen LogP contribution in [-0.4, -0.2) is 29.1 Å². The Labute approximate surface area is 147 Å². The molecule has 1 atom stereocenters. The van der Waals surface area contributed by atoms with Crippen LogP contribution in [0.2, 0.25) is 0 Å². The van der Waals surface area contributed by atoms with E-state index in [1.807, 2.05) is 6.07 Å². The molecule has 2 heterocycles. The minimum atomic E-state index is 0.296. The smallest absolute Gasteiger partial charge is 0.191 e. The molecule has 5 nitrogen and oxygen atoms in total. The van der Waals surface area contributed by atoms with Gasteiger partial charge >= 0.3 is 0 Å². The third-order valence-corrected chi connectivity index (χ3v) is 5.22. The number of rotatable bonds is 4. The molecule has 1 aliphatic rings. The Kier molecular flexibility index (Phi) is 5.58. The van der Waals surface area contributed by atoms with Crippen molar-refractivity contribution >= 4 is 23.4 Å². The monoisotopic (exact) mass is 343 g/mol. The summed E-state index contributed by atoms with van der Waals surface area (Å²) < 4.78 is 0. The predicted molar refractivity (Wildman–Crippen MR) is 101 cm³/mol. The van der Waals surface area contributed by atoms with Crippen molar-refractivity contribution in [2.24, 2.45) is 5.73 Å². The number of nitrogens with zero attached hydrogens (tertiary/aromatic N) is 3. The van der Waals surface area contributed by atoms with E-state index in [-0.39, 0.29) is 0 Å². The molecule has 0 aliphatic carbocycles. The number of anilines is 2. The van der Waals surface area contributed by atoms with E-state index in [1.165, 1.54) is 11.1 Å². The standard InChI is InChI=1S/C18H25N5S/c1-13-4-6-14(7-5-13)12-24-18-21-16(20)11-17(22-18)23-9-2-3-15(19)8-10-23/h4-7,11,15H,2-3,8-10,12,19H2,1H3,(H2,20,21,22). The molecule has 0 radical (unpaired) electrons. The fourth-order valence-corrected chi connectivity index (χ4v) is 3.66. The Morgan fingerprint density at radius 1 is 1.17 bits per heavy atom. The molecule has 0 saturated carbocycles. The molecule has 1 aromatic carbocycles. The summed E-state index contributed by atoms with van der Waals surface area (Å²) in [6, 6.07) is 10.7. The first-order valence-corrected chi connectivity index (χ1v) is 9.42. The molecular weight excluding hydrogens is 318 g/mol. The average molecular weight is 344 g/mol. The molecule has 1 aliphatic heterocycles. The summed E-state index contributed by atoms with van der Waals surface area (Å²) in [5.41, 5.74) is 14.6. The van der Waals surface area contributed by atoms with Gasteiger partial charge in [-0.2, -0.15) is 0 Å². The average Bonchev–Trinajstić information content (AvgIpc) is 2.78. The summed E-state index contributed by atoms with van der Waals surface area (Å²) in [6.45, 7) is 4.00. The van der Waals surface area contributed by atoms with Gasteiger partial charge in [0.05, 0.1) is 0 Å². The Hall–Kier alpha value is -1.79. The van der Waals surface area contributed by atoms with Gasteiger partial charge in [-0.15, -0.1) is 0 Å². The van der Waals surface area contributed by atoms with Gasteiger partial charge in [-0.25, -0.2) is 9.97 Å². The predicted octanol–water partition coefficient (Wildman–Crippen LogP) is 2.98. The maximum Gasteiger partial charge on any atom is 0.191 e. The first kappa shape index (κ1) is 17.0. The van der Waals surface area contributed by atoms with Crippen LogP contribution in [0.15, 0.2) is 35.5 Å². The Bertz CT molecular complexity index is 674. The van der Waals surface area contributed by atoms with Crippen LogP contribution in [0.1, 0.15) is 30.4 Å². The first-order valence-electron chi connectivity index (χ1n) is 8.43. The second-order valence-corrected chi connectivity index (χ2v) is 7.33. The van der Waals surface area contributed by atoms with Crippen LogP contribution >= 0.6 is 11.8 Å². The lowest BCUT2D eigenvalue weighted by Crippen LogP contribution is -2.27. The molecule has 1 aromatic heterocycles. The number of thioether (sulfide) groups is 1. The van der Waals surface area contributed by atoms with Crippen LogP contribution in [0.5, 0.6) is 0 Å². The summed E-state index contributed by atoms with van der Waals surface area (Å²) in [4.78, 5) is 11.4. The topological polar surface area (TPSA) is 81.1 Å². The molecule has 1 unspecified atom stereocenters. The zero-order valence-electron chi connectivity index (χ0n) is 14.1. The minimum Gasteiger partial charge on any atom is -0.383 e. The van der Waals surface area contributed by atoms with E-state index in [0.717, 1.165) is 49.1 Å². The van der Waals surface area contributed by atoms with Gasteiger partial charge in [0, 0.05) is 31.0 Å². The van der Waals surface area contributed by atoms with Gasteiger partial charge in [-0.1, -0.05) is 41.6 Å². The van der Waals surface area contributed by atoms with Crippen LogP contribution in [0, 0.1) is 6.92 Å². The summed E-state index contributed by atoms with van der Waals surface area (Å²) in [6.07, 6.45) is 3.17. The summed E-state index contributed by atoms with van der Waals surface area (Å²) >= 11 is 1.62. The Morgan fingerprint density at radius 3 is 2.75 bits per heavy atom. The maximum absolute atomic E-state index is 6.07. The normalized spacial score (nSPS) is 18.4. The minimum absolute atomic E-state index is 0.296. The fourth-order valence-electron chi connectivity index (χ4n) is 2.84. The summed E-state index contributed by atoms with van der Waals surface area (Å²) in [5, 5.41) is 0.735. The van der Waals surface area contributed by atoms with Crippen LogP contribution < -0.4 is 16.4 Å². The van der Waals surface area contributed by atoms with E-state index in [2.05, 4.69) is 41.1 Å². The van der Waals surface area contributed by atoms with Crippen molar-refractivity contribution < 1.29 is 0 Å². The number of aromatic nitrogens is 2. The molecule has 0 spiro atoms. The van der Waals surface area contributed by atoms with Crippen molar-refractivity contribution in [1.29, 1.82) is 0 Å². The van der Waals surface area contributed by atoms with Gasteiger partial charge in [0.25, 0.3) is 0 Å². The first-order chi connectivity index (χ1) is 11.6. The highest BCUT2D eigenvalue weighted by atomic mass is 32.2. The van der Waals surface area contributed by atoms with Crippen molar-refractivity contribution in [3.8, 4) is 0 Å². The maximum atomic E-state index is 6.07. The molecule has 1 fully saturated rings. The van der Waals surface area contributed by atoms with Crippen molar-refractivity contribution in [2.75, 3.05) is 23.7 Å². The molecule has 3 rings (SSSR count). The highest BCUT2D eigenvalue weighted by Gasteiger charge is 2.16. The molecule has 128 valence electrons. The van der Waals surface area contributed by atoms with Gasteiger partial charge in [0.1, 0.15) is 11.6 Å².